The van der Waals surface area contributed by atoms with Crippen LogP contribution in [0.4, 0.5) is 5.13 Å². The molecule has 0 aliphatic heterocycles. The average Bonchev–Trinajstić information content (AvgIpc) is 3.01. The third-order valence-corrected chi connectivity index (χ3v) is 7.99. The molecule has 2 aromatic heterocycles. The second-order valence-electron chi connectivity index (χ2n) is 8.46. The maximum absolute atomic E-state index is 12.7. The first-order valence-corrected chi connectivity index (χ1v) is 10.9. The molecule has 0 aromatic carbocycles. The van der Waals surface area contributed by atoms with Crippen molar-refractivity contribution in [1.29, 1.82) is 0 Å². The summed E-state index contributed by atoms with van der Waals surface area (Å²) in [6, 6.07) is 5.69. The van der Waals surface area contributed by atoms with E-state index < -0.39 is 0 Å². The molecule has 0 spiro atoms. The molecule has 0 saturated heterocycles. The third-order valence-electron chi connectivity index (χ3n) is 6.20. The number of hydrogen-bond acceptors (Lipinski definition) is 5. The van der Waals surface area contributed by atoms with Crippen LogP contribution in [0.1, 0.15) is 44.9 Å². The number of halogens is 1. The van der Waals surface area contributed by atoms with E-state index >= 15 is 0 Å². The van der Waals surface area contributed by atoms with Gasteiger partial charge in [0, 0.05) is 16.9 Å². The van der Waals surface area contributed by atoms with Crippen LogP contribution < -0.4 is 5.32 Å². The first kappa shape index (κ1) is 16.8. The molecule has 7 heteroatoms. The number of nitrogens with zero attached hydrogens (tertiary/aromatic N) is 3. The van der Waals surface area contributed by atoms with Crippen molar-refractivity contribution < 1.29 is 4.79 Å². The number of carbonyl (C=O) groups is 1. The summed E-state index contributed by atoms with van der Waals surface area (Å²) in [5.74, 6) is 1.66. The maximum atomic E-state index is 12.7. The Morgan fingerprint density at radius 2 is 2.04 bits per heavy atom. The molecule has 1 amide bonds. The highest BCUT2D eigenvalue weighted by Gasteiger charge is 2.57. The molecule has 5 nitrogen and oxygen atoms in total. The lowest BCUT2D eigenvalue weighted by atomic mass is 9.48. The Bertz CT molecular complexity index is 825. The van der Waals surface area contributed by atoms with Gasteiger partial charge in [0.05, 0.1) is 0 Å². The molecule has 2 unspecified atom stereocenters. The second kappa shape index (κ2) is 6.09. The molecule has 2 aromatic rings. The molecule has 4 atom stereocenters. The van der Waals surface area contributed by atoms with Gasteiger partial charge in [0.25, 0.3) is 0 Å². The van der Waals surface area contributed by atoms with Crippen molar-refractivity contribution in [3.8, 4) is 10.7 Å². The third kappa shape index (κ3) is 3.09. The van der Waals surface area contributed by atoms with Crippen molar-refractivity contribution >= 4 is 38.3 Å². The lowest BCUT2D eigenvalue weighted by molar-refractivity contribution is -0.123. The quantitative estimate of drug-likeness (QED) is 0.712. The van der Waals surface area contributed by atoms with E-state index in [4.69, 9.17) is 0 Å². The number of amides is 1. The summed E-state index contributed by atoms with van der Waals surface area (Å²) in [6.07, 6.45) is 9.83. The molecule has 0 radical (unpaired) electrons. The summed E-state index contributed by atoms with van der Waals surface area (Å²) in [5, 5.41) is 12.6. The summed E-state index contributed by atoms with van der Waals surface area (Å²) in [6.45, 7) is 0. The number of carbonyl (C=O) groups excluding carboxylic acids is 1. The first-order valence-electron chi connectivity index (χ1n) is 9.25. The molecule has 1 N–H and O–H groups in total. The molecular formula is C19H21BrN4OS. The molecule has 26 heavy (non-hydrogen) atoms. The Morgan fingerprint density at radius 1 is 1.23 bits per heavy atom. The lowest BCUT2D eigenvalue weighted by Gasteiger charge is -2.60. The van der Waals surface area contributed by atoms with E-state index in [-0.39, 0.29) is 15.6 Å². The standard InChI is InChI=1S/C19H21BrN4OS/c20-19-8-12-5-13(9-19)7-18(6-12,11-19)10-15(25)22-17-24-23-16(26-17)14-3-1-2-4-21-14/h1-4,12-13H,5-11H2,(H,22,24,25)/t12-,13+,18?,19?. The van der Waals surface area contributed by atoms with Crippen LogP contribution in [0.5, 0.6) is 0 Å². The van der Waals surface area contributed by atoms with E-state index in [0.717, 1.165) is 29.0 Å². The van der Waals surface area contributed by atoms with E-state index in [2.05, 4.69) is 36.4 Å². The molecular weight excluding hydrogens is 412 g/mol. The predicted octanol–water partition coefficient (Wildman–Crippen LogP) is 4.66. The number of aromatic nitrogens is 3. The van der Waals surface area contributed by atoms with Crippen LogP contribution in [-0.2, 0) is 4.79 Å². The zero-order valence-electron chi connectivity index (χ0n) is 14.4. The minimum atomic E-state index is 0.0757. The van der Waals surface area contributed by atoms with Gasteiger partial charge in [0.15, 0.2) is 5.01 Å². The molecule has 4 aliphatic rings. The van der Waals surface area contributed by atoms with E-state index in [0.29, 0.717) is 11.6 Å². The van der Waals surface area contributed by atoms with Gasteiger partial charge >= 0.3 is 0 Å². The van der Waals surface area contributed by atoms with Gasteiger partial charge in [0.2, 0.25) is 11.0 Å². The number of hydrogen-bond donors (Lipinski definition) is 1. The number of rotatable bonds is 4. The summed E-state index contributed by atoms with van der Waals surface area (Å²) >= 11 is 5.40. The second-order valence-corrected chi connectivity index (χ2v) is 11.1. The van der Waals surface area contributed by atoms with Crippen molar-refractivity contribution in [2.75, 3.05) is 5.32 Å². The number of nitrogens with one attached hydrogen (secondary N) is 1. The van der Waals surface area contributed by atoms with Gasteiger partial charge < -0.3 is 5.32 Å². The van der Waals surface area contributed by atoms with Gasteiger partial charge in [-0.05, 0) is 67.9 Å². The highest BCUT2D eigenvalue weighted by Crippen LogP contribution is 2.65. The Balaban J connectivity index is 1.28. The SMILES string of the molecule is O=C(CC12C[C@@H]3C[C@@H](CC(Br)(C3)C1)C2)Nc1nnc(-c2ccccn2)s1. The molecule has 2 heterocycles. The van der Waals surface area contributed by atoms with Crippen molar-refractivity contribution in [2.24, 2.45) is 17.3 Å². The molecule has 4 saturated carbocycles. The van der Waals surface area contributed by atoms with E-state index in [1.54, 1.807) is 6.20 Å². The Hall–Kier alpha value is -1.34. The fourth-order valence-electron chi connectivity index (χ4n) is 5.91. The number of anilines is 1. The van der Waals surface area contributed by atoms with Crippen LogP contribution in [-0.4, -0.2) is 25.4 Å². The van der Waals surface area contributed by atoms with Crippen LogP contribution in [0.15, 0.2) is 24.4 Å². The van der Waals surface area contributed by atoms with E-state index in [1.165, 1.54) is 43.4 Å². The Labute approximate surface area is 165 Å². The van der Waals surface area contributed by atoms with Gasteiger partial charge in [-0.25, -0.2) is 0 Å². The molecule has 136 valence electrons. The normalized spacial score (nSPS) is 34.8. The summed E-state index contributed by atoms with van der Waals surface area (Å²) in [4.78, 5) is 17.0. The number of pyridine rings is 1. The van der Waals surface area contributed by atoms with Crippen LogP contribution in [0, 0.1) is 17.3 Å². The Morgan fingerprint density at radius 3 is 2.73 bits per heavy atom. The zero-order chi connectivity index (χ0) is 17.8. The highest BCUT2D eigenvalue weighted by molar-refractivity contribution is 9.10. The van der Waals surface area contributed by atoms with Crippen LogP contribution in [0.2, 0.25) is 0 Å². The summed E-state index contributed by atoms with van der Waals surface area (Å²) in [5.41, 5.74) is 0.958. The van der Waals surface area contributed by atoms with E-state index in [1.807, 2.05) is 18.2 Å². The topological polar surface area (TPSA) is 67.8 Å². The van der Waals surface area contributed by atoms with Gasteiger partial charge in [-0.3, -0.25) is 9.78 Å². The molecule has 4 fully saturated rings. The van der Waals surface area contributed by atoms with Crippen molar-refractivity contribution in [2.45, 2.75) is 49.3 Å². The molecule has 6 rings (SSSR count). The van der Waals surface area contributed by atoms with Gasteiger partial charge in [-0.15, -0.1) is 10.2 Å². The zero-order valence-corrected chi connectivity index (χ0v) is 16.9. The largest absolute Gasteiger partial charge is 0.301 e. The average molecular weight is 433 g/mol. The van der Waals surface area contributed by atoms with Crippen molar-refractivity contribution in [3.63, 3.8) is 0 Å². The molecule has 4 bridgehead atoms. The maximum Gasteiger partial charge on any atom is 0.226 e. The minimum absolute atomic E-state index is 0.0757. The molecule has 4 aliphatic carbocycles. The van der Waals surface area contributed by atoms with Crippen LogP contribution in [0.3, 0.4) is 0 Å². The van der Waals surface area contributed by atoms with Crippen molar-refractivity contribution in [3.05, 3.63) is 24.4 Å². The monoisotopic (exact) mass is 432 g/mol. The fraction of sp³-hybridized carbons (Fsp3) is 0.579. The minimum Gasteiger partial charge on any atom is -0.301 e. The number of alkyl halides is 1. The summed E-state index contributed by atoms with van der Waals surface area (Å²) < 4.78 is 0.284. The van der Waals surface area contributed by atoms with Gasteiger partial charge in [0.1, 0.15) is 5.69 Å². The van der Waals surface area contributed by atoms with Crippen LogP contribution >= 0.6 is 27.3 Å². The van der Waals surface area contributed by atoms with Gasteiger partial charge in [-0.1, -0.05) is 33.3 Å². The summed E-state index contributed by atoms with van der Waals surface area (Å²) in [7, 11) is 0. The van der Waals surface area contributed by atoms with Crippen LogP contribution in [0.25, 0.3) is 10.7 Å². The lowest BCUT2D eigenvalue weighted by Crippen LogP contribution is -2.53. The highest BCUT2D eigenvalue weighted by atomic mass is 79.9. The van der Waals surface area contributed by atoms with E-state index in [9.17, 15) is 4.79 Å². The Kier molecular flexibility index (Phi) is 3.94. The first-order chi connectivity index (χ1) is 12.5. The predicted molar refractivity (Wildman–Crippen MR) is 105 cm³/mol. The smallest absolute Gasteiger partial charge is 0.226 e. The van der Waals surface area contributed by atoms with Crippen molar-refractivity contribution in [1.82, 2.24) is 15.2 Å². The fourth-order valence-corrected chi connectivity index (χ4v) is 8.16. The van der Waals surface area contributed by atoms with Gasteiger partial charge in [-0.2, -0.15) is 0 Å².